The summed E-state index contributed by atoms with van der Waals surface area (Å²) >= 11 is 0. The molecule has 0 radical (unpaired) electrons. The molecule has 0 saturated heterocycles. The fourth-order valence-electron chi connectivity index (χ4n) is 4.51. The lowest BCUT2D eigenvalue weighted by Crippen LogP contribution is -2.47. The van der Waals surface area contributed by atoms with E-state index in [9.17, 15) is 13.2 Å². The van der Waals surface area contributed by atoms with Gasteiger partial charge in [-0.05, 0) is 56.4 Å². The van der Waals surface area contributed by atoms with E-state index in [0.717, 1.165) is 38.5 Å². The zero-order chi connectivity index (χ0) is 22.7. The summed E-state index contributed by atoms with van der Waals surface area (Å²) in [5.41, 5.74) is 2.40. The lowest BCUT2D eigenvalue weighted by Gasteiger charge is -2.37. The Bertz CT molecular complexity index is 1190. The van der Waals surface area contributed by atoms with Gasteiger partial charge in [-0.1, -0.05) is 30.3 Å². The van der Waals surface area contributed by atoms with Crippen LogP contribution in [-0.2, 0) is 16.4 Å². The number of H-pyrrole nitrogens is 1. The molecule has 1 heterocycles. The second-order valence-electron chi connectivity index (χ2n) is 8.51. The molecule has 7 nitrogen and oxygen atoms in total. The molecule has 2 aromatic carbocycles. The lowest BCUT2D eigenvalue weighted by atomic mass is 9.89. The van der Waals surface area contributed by atoms with Crippen molar-refractivity contribution in [2.75, 3.05) is 12.8 Å². The fraction of sp³-hybridized carbons (Fsp3) is 0.417. The van der Waals surface area contributed by atoms with Gasteiger partial charge >= 0.3 is 0 Å². The molecular weight excluding hydrogens is 424 g/mol. The third-order valence-corrected chi connectivity index (χ3v) is 7.32. The zero-order valence-corrected chi connectivity index (χ0v) is 19.4. The van der Waals surface area contributed by atoms with E-state index >= 15 is 0 Å². The summed E-state index contributed by atoms with van der Waals surface area (Å²) in [6.45, 7) is 3.41. The Morgan fingerprint density at radius 2 is 1.97 bits per heavy atom. The minimum atomic E-state index is -3.33. The third kappa shape index (κ3) is 5.02. The van der Waals surface area contributed by atoms with Gasteiger partial charge < -0.3 is 15.2 Å². The van der Waals surface area contributed by atoms with Gasteiger partial charge in [-0.25, -0.2) is 13.4 Å². The number of rotatable bonds is 7. The monoisotopic (exact) mass is 454 g/mol. The van der Waals surface area contributed by atoms with Gasteiger partial charge in [0.25, 0.3) is 5.91 Å². The number of sulfone groups is 1. The topological polar surface area (TPSA) is 95.2 Å². The molecule has 4 rings (SSSR count). The average molecular weight is 455 g/mol. The van der Waals surface area contributed by atoms with Crippen LogP contribution in [0.1, 0.15) is 48.8 Å². The molecule has 2 atom stereocenters. The van der Waals surface area contributed by atoms with Crippen LogP contribution in [-0.4, -0.2) is 54.1 Å². The molecule has 2 N–H and O–H groups in total. The van der Waals surface area contributed by atoms with Gasteiger partial charge in [-0.2, -0.15) is 0 Å². The highest BCUT2D eigenvalue weighted by molar-refractivity contribution is 7.90. The number of nitrogens with zero attached hydrogens (tertiary/aromatic N) is 2. The lowest BCUT2D eigenvalue weighted by molar-refractivity contribution is 0.0617. The minimum absolute atomic E-state index is 0.140. The van der Waals surface area contributed by atoms with E-state index in [1.165, 1.54) is 17.7 Å². The molecule has 170 valence electrons. The summed E-state index contributed by atoms with van der Waals surface area (Å²) in [7, 11) is -3.33. The van der Waals surface area contributed by atoms with E-state index in [0.29, 0.717) is 23.6 Å². The molecule has 32 heavy (non-hydrogen) atoms. The largest absolute Gasteiger partial charge is 0.334 e. The van der Waals surface area contributed by atoms with Crippen LogP contribution in [0.15, 0.2) is 53.4 Å². The molecule has 0 aliphatic heterocycles. The van der Waals surface area contributed by atoms with Gasteiger partial charge in [0.2, 0.25) is 0 Å². The highest BCUT2D eigenvalue weighted by Crippen LogP contribution is 2.25. The van der Waals surface area contributed by atoms with Gasteiger partial charge in [-0.3, -0.25) is 4.79 Å². The van der Waals surface area contributed by atoms with Crippen LogP contribution in [0.2, 0.25) is 0 Å². The summed E-state index contributed by atoms with van der Waals surface area (Å²) in [6, 6.07) is 15.6. The van der Waals surface area contributed by atoms with E-state index < -0.39 is 9.84 Å². The Labute approximate surface area is 189 Å². The Balaban J connectivity index is 1.47. The first kappa shape index (κ1) is 22.5. The number of amides is 1. The normalized spacial score (nSPS) is 19.2. The summed E-state index contributed by atoms with van der Waals surface area (Å²) < 4.78 is 23.7. The van der Waals surface area contributed by atoms with Gasteiger partial charge in [0, 0.05) is 31.4 Å². The summed E-state index contributed by atoms with van der Waals surface area (Å²) in [4.78, 5) is 22.9. The highest BCUT2D eigenvalue weighted by atomic mass is 32.2. The van der Waals surface area contributed by atoms with Crippen LogP contribution in [0.25, 0.3) is 11.0 Å². The maximum atomic E-state index is 13.3. The average Bonchev–Trinajstić information content (AvgIpc) is 3.22. The van der Waals surface area contributed by atoms with Crippen LogP contribution in [0.3, 0.4) is 0 Å². The highest BCUT2D eigenvalue weighted by Gasteiger charge is 2.30. The molecule has 1 fully saturated rings. The number of hydrogen-bond acceptors (Lipinski definition) is 5. The van der Waals surface area contributed by atoms with Gasteiger partial charge in [0.1, 0.15) is 0 Å². The molecule has 1 aromatic heterocycles. The summed E-state index contributed by atoms with van der Waals surface area (Å²) in [6.07, 6.45) is 5.22. The van der Waals surface area contributed by atoms with Crippen molar-refractivity contribution in [2.45, 2.75) is 56.1 Å². The van der Waals surface area contributed by atoms with Gasteiger partial charge in [0.15, 0.2) is 15.7 Å². The van der Waals surface area contributed by atoms with E-state index in [2.05, 4.69) is 27.4 Å². The SMILES string of the molecule is CCN(C(=O)c1nc2cc(S(C)(=O)=O)ccc2[nH]1)[C@H]1CCC[C@@H](NCc2ccccc2)C1. The number of hydrogen-bond donors (Lipinski definition) is 2. The quantitative estimate of drug-likeness (QED) is 0.569. The van der Waals surface area contributed by atoms with Crippen LogP contribution in [0, 0.1) is 0 Å². The van der Waals surface area contributed by atoms with E-state index in [1.807, 2.05) is 30.0 Å². The first-order chi connectivity index (χ1) is 15.3. The van der Waals surface area contributed by atoms with E-state index in [4.69, 9.17) is 0 Å². The Morgan fingerprint density at radius 1 is 1.19 bits per heavy atom. The molecule has 1 aliphatic carbocycles. The molecule has 0 bridgehead atoms. The van der Waals surface area contributed by atoms with Gasteiger partial charge in [0.05, 0.1) is 15.9 Å². The maximum Gasteiger partial charge on any atom is 0.289 e. The molecule has 0 spiro atoms. The van der Waals surface area contributed by atoms with Crippen molar-refractivity contribution in [3.05, 3.63) is 59.9 Å². The number of carbonyl (C=O) groups excluding carboxylic acids is 1. The number of aromatic nitrogens is 2. The summed E-state index contributed by atoms with van der Waals surface area (Å²) in [5, 5.41) is 3.65. The van der Waals surface area contributed by atoms with Crippen LogP contribution in [0.5, 0.6) is 0 Å². The zero-order valence-electron chi connectivity index (χ0n) is 18.5. The number of benzene rings is 2. The molecule has 3 aromatic rings. The van der Waals surface area contributed by atoms with Crippen LogP contribution in [0.4, 0.5) is 0 Å². The van der Waals surface area contributed by atoms with Crippen molar-refractivity contribution in [3.63, 3.8) is 0 Å². The molecule has 1 amide bonds. The Morgan fingerprint density at radius 3 is 2.69 bits per heavy atom. The first-order valence-corrected chi connectivity index (χ1v) is 13.0. The number of nitrogens with one attached hydrogen (secondary N) is 2. The Kier molecular flexibility index (Phi) is 6.62. The van der Waals surface area contributed by atoms with Crippen LogP contribution >= 0.6 is 0 Å². The first-order valence-electron chi connectivity index (χ1n) is 11.1. The van der Waals surface area contributed by atoms with Crippen molar-refractivity contribution in [2.24, 2.45) is 0 Å². The molecular formula is C24H30N4O3S. The predicted molar refractivity (Wildman–Crippen MR) is 125 cm³/mol. The minimum Gasteiger partial charge on any atom is -0.334 e. The second-order valence-corrected chi connectivity index (χ2v) is 10.5. The van der Waals surface area contributed by atoms with Crippen molar-refractivity contribution < 1.29 is 13.2 Å². The number of fused-ring (bicyclic) bond motifs is 1. The molecule has 1 saturated carbocycles. The number of imidazole rings is 1. The smallest absolute Gasteiger partial charge is 0.289 e. The number of aromatic amines is 1. The molecule has 8 heteroatoms. The van der Waals surface area contributed by atoms with Crippen LogP contribution < -0.4 is 5.32 Å². The standard InChI is InChI=1S/C24H30N4O3S/c1-3-28(19-11-7-10-18(14-19)25-16-17-8-5-4-6-9-17)24(29)23-26-21-13-12-20(32(2,30)31)15-22(21)27-23/h4-6,8-9,12-13,15,18-19,25H,3,7,10-11,14,16H2,1-2H3,(H,26,27)/t18-,19+/m1/s1. The molecule has 0 unspecified atom stereocenters. The van der Waals surface area contributed by atoms with Crippen molar-refractivity contribution >= 4 is 26.8 Å². The van der Waals surface area contributed by atoms with E-state index in [1.54, 1.807) is 6.07 Å². The molecule has 1 aliphatic rings. The van der Waals surface area contributed by atoms with Crippen molar-refractivity contribution in [1.29, 1.82) is 0 Å². The Hall–Kier alpha value is -2.71. The summed E-state index contributed by atoms with van der Waals surface area (Å²) in [5.74, 6) is 0.116. The predicted octanol–water partition coefficient (Wildman–Crippen LogP) is 3.53. The van der Waals surface area contributed by atoms with E-state index in [-0.39, 0.29) is 22.7 Å². The van der Waals surface area contributed by atoms with Gasteiger partial charge in [-0.15, -0.1) is 0 Å². The fourth-order valence-corrected chi connectivity index (χ4v) is 5.15. The third-order valence-electron chi connectivity index (χ3n) is 6.21. The second kappa shape index (κ2) is 9.42. The van der Waals surface area contributed by atoms with Crippen molar-refractivity contribution in [1.82, 2.24) is 20.2 Å². The maximum absolute atomic E-state index is 13.3. The van der Waals surface area contributed by atoms with Crippen molar-refractivity contribution in [3.8, 4) is 0 Å². The number of carbonyl (C=O) groups is 1.